The number of nitro groups is 1. The zero-order chi connectivity index (χ0) is 15.4. The number of carboxylic acids is 1. The Morgan fingerprint density at radius 3 is 2.57 bits per heavy atom. The van der Waals surface area contributed by atoms with Crippen LogP contribution in [0.15, 0.2) is 18.2 Å². The van der Waals surface area contributed by atoms with Crippen molar-refractivity contribution in [1.29, 1.82) is 0 Å². The summed E-state index contributed by atoms with van der Waals surface area (Å²) in [4.78, 5) is 21.6. The molecule has 6 nitrogen and oxygen atoms in total. The number of nitro benzene ring substituents is 1. The van der Waals surface area contributed by atoms with Crippen LogP contribution in [0.2, 0.25) is 0 Å². The van der Waals surface area contributed by atoms with Gasteiger partial charge in [0.05, 0.1) is 10.5 Å². The fourth-order valence-electron chi connectivity index (χ4n) is 2.88. The summed E-state index contributed by atoms with van der Waals surface area (Å²) in [5.41, 5.74) is 0.294. The van der Waals surface area contributed by atoms with Crippen LogP contribution < -0.4 is 5.32 Å². The highest BCUT2D eigenvalue weighted by molar-refractivity contribution is 5.90. The molecule has 0 saturated heterocycles. The Kier molecular flexibility index (Phi) is 4.77. The quantitative estimate of drug-likeness (QED) is 0.638. The number of hydrogen-bond donors (Lipinski definition) is 2. The number of benzene rings is 1. The van der Waals surface area contributed by atoms with Gasteiger partial charge in [-0.05, 0) is 43.7 Å². The van der Waals surface area contributed by atoms with Crippen molar-refractivity contribution in [3.05, 3.63) is 33.9 Å². The van der Waals surface area contributed by atoms with Gasteiger partial charge in [-0.1, -0.05) is 13.3 Å². The van der Waals surface area contributed by atoms with Crippen LogP contribution in [0.3, 0.4) is 0 Å². The average Bonchev–Trinajstić information content (AvgIpc) is 2.47. The van der Waals surface area contributed by atoms with Crippen LogP contribution in [0.1, 0.15) is 49.4 Å². The summed E-state index contributed by atoms with van der Waals surface area (Å²) in [5.74, 6) is -0.342. The van der Waals surface area contributed by atoms with Crippen LogP contribution in [0.4, 0.5) is 11.4 Å². The molecule has 1 saturated carbocycles. The van der Waals surface area contributed by atoms with E-state index in [1.807, 2.05) is 0 Å². The molecule has 6 heteroatoms. The molecule has 0 radical (unpaired) electrons. The maximum Gasteiger partial charge on any atom is 0.335 e. The first kappa shape index (κ1) is 15.3. The average molecular weight is 292 g/mol. The second-order valence-electron chi connectivity index (χ2n) is 5.56. The van der Waals surface area contributed by atoms with E-state index in [4.69, 9.17) is 5.11 Å². The number of carbonyl (C=O) groups is 1. The summed E-state index contributed by atoms with van der Waals surface area (Å²) in [7, 11) is 0. The van der Waals surface area contributed by atoms with Crippen LogP contribution >= 0.6 is 0 Å². The zero-order valence-electron chi connectivity index (χ0n) is 12.0. The summed E-state index contributed by atoms with van der Waals surface area (Å²) < 4.78 is 0. The van der Waals surface area contributed by atoms with Gasteiger partial charge in [0.2, 0.25) is 0 Å². The van der Waals surface area contributed by atoms with E-state index in [2.05, 4.69) is 12.2 Å². The van der Waals surface area contributed by atoms with E-state index in [1.54, 1.807) is 0 Å². The molecule has 0 spiro atoms. The number of hydrogen-bond acceptors (Lipinski definition) is 4. The Morgan fingerprint density at radius 2 is 2.05 bits per heavy atom. The predicted molar refractivity (Wildman–Crippen MR) is 79.7 cm³/mol. The molecule has 21 heavy (non-hydrogen) atoms. The third kappa shape index (κ3) is 3.71. The van der Waals surface area contributed by atoms with Gasteiger partial charge >= 0.3 is 5.97 Å². The van der Waals surface area contributed by atoms with Crippen molar-refractivity contribution < 1.29 is 14.8 Å². The van der Waals surface area contributed by atoms with Crippen LogP contribution in [-0.4, -0.2) is 22.0 Å². The predicted octanol–water partition coefficient (Wildman–Crippen LogP) is 3.67. The Bertz CT molecular complexity index is 536. The van der Waals surface area contributed by atoms with Gasteiger partial charge in [-0.2, -0.15) is 0 Å². The summed E-state index contributed by atoms with van der Waals surface area (Å²) >= 11 is 0. The molecule has 0 heterocycles. The lowest BCUT2D eigenvalue weighted by Gasteiger charge is -2.29. The van der Waals surface area contributed by atoms with Crippen LogP contribution in [0.5, 0.6) is 0 Å². The number of rotatable bonds is 5. The molecule has 2 rings (SSSR count). The summed E-state index contributed by atoms with van der Waals surface area (Å²) in [6.07, 6.45) is 5.32. The van der Waals surface area contributed by atoms with E-state index in [0.717, 1.165) is 31.6 Å². The minimum atomic E-state index is -1.08. The summed E-state index contributed by atoms with van der Waals surface area (Å²) in [6.45, 7) is 2.18. The minimum absolute atomic E-state index is 0.0605. The lowest BCUT2D eigenvalue weighted by Crippen LogP contribution is -2.26. The molecule has 0 aromatic heterocycles. The number of nitrogens with one attached hydrogen (secondary N) is 1. The van der Waals surface area contributed by atoms with Crippen molar-refractivity contribution in [2.75, 3.05) is 5.32 Å². The van der Waals surface area contributed by atoms with E-state index in [0.29, 0.717) is 5.69 Å². The number of nitrogens with zero attached hydrogens (tertiary/aromatic N) is 1. The smallest absolute Gasteiger partial charge is 0.335 e. The molecule has 0 atom stereocenters. The molecule has 1 aliphatic carbocycles. The maximum atomic E-state index is 11.1. The number of anilines is 1. The fraction of sp³-hybridized carbons (Fsp3) is 0.533. The summed E-state index contributed by atoms with van der Waals surface area (Å²) in [5, 5.41) is 23.2. The Labute approximate surface area is 123 Å². The third-order valence-corrected chi connectivity index (χ3v) is 4.22. The van der Waals surface area contributed by atoms with E-state index in [1.165, 1.54) is 24.6 Å². The first-order valence-electron chi connectivity index (χ1n) is 7.29. The third-order valence-electron chi connectivity index (χ3n) is 4.22. The zero-order valence-corrected chi connectivity index (χ0v) is 12.0. The Balaban J connectivity index is 2.15. The van der Waals surface area contributed by atoms with Gasteiger partial charge in [-0.25, -0.2) is 4.79 Å². The molecule has 2 N–H and O–H groups in total. The van der Waals surface area contributed by atoms with Gasteiger partial charge in [0, 0.05) is 12.1 Å². The van der Waals surface area contributed by atoms with Crippen molar-refractivity contribution in [3.8, 4) is 0 Å². The van der Waals surface area contributed by atoms with Crippen molar-refractivity contribution in [1.82, 2.24) is 0 Å². The van der Waals surface area contributed by atoms with Crippen LogP contribution in [-0.2, 0) is 0 Å². The van der Waals surface area contributed by atoms with Gasteiger partial charge in [0.1, 0.15) is 5.69 Å². The minimum Gasteiger partial charge on any atom is -0.478 e. The van der Waals surface area contributed by atoms with E-state index < -0.39 is 10.9 Å². The van der Waals surface area contributed by atoms with Crippen molar-refractivity contribution in [3.63, 3.8) is 0 Å². The van der Waals surface area contributed by atoms with Crippen LogP contribution in [0, 0.1) is 16.0 Å². The van der Waals surface area contributed by atoms with Gasteiger partial charge in [0.15, 0.2) is 0 Å². The highest BCUT2D eigenvalue weighted by Crippen LogP contribution is 2.32. The Morgan fingerprint density at radius 1 is 1.38 bits per heavy atom. The molecular weight excluding hydrogens is 272 g/mol. The second kappa shape index (κ2) is 6.56. The Hall–Kier alpha value is -2.11. The molecular formula is C15H20N2O4. The van der Waals surface area contributed by atoms with Crippen molar-refractivity contribution in [2.24, 2.45) is 5.92 Å². The fourth-order valence-corrected chi connectivity index (χ4v) is 2.88. The molecule has 1 fully saturated rings. The standard InChI is InChI=1S/C15H20N2O4/c1-2-10-3-6-12(7-4-10)16-13-9-11(15(18)19)5-8-14(13)17(20)21/h5,8-10,12,16H,2-4,6-7H2,1H3,(H,18,19). The number of carboxylic acid groups (broad SMARTS) is 1. The molecule has 114 valence electrons. The molecule has 0 unspecified atom stereocenters. The van der Waals surface area contributed by atoms with E-state index in [9.17, 15) is 14.9 Å². The SMILES string of the molecule is CCC1CCC(Nc2cc(C(=O)O)ccc2[N+](=O)[O-])CC1. The molecule has 0 amide bonds. The first-order chi connectivity index (χ1) is 10.0. The lowest BCUT2D eigenvalue weighted by molar-refractivity contribution is -0.384. The van der Waals surface area contributed by atoms with Crippen molar-refractivity contribution >= 4 is 17.3 Å². The summed E-state index contributed by atoms with van der Waals surface area (Å²) in [6, 6.07) is 4.05. The second-order valence-corrected chi connectivity index (χ2v) is 5.56. The van der Waals surface area contributed by atoms with Gasteiger partial charge in [-0.3, -0.25) is 10.1 Å². The molecule has 0 aliphatic heterocycles. The maximum absolute atomic E-state index is 11.1. The lowest BCUT2D eigenvalue weighted by atomic mass is 9.84. The molecule has 1 aromatic carbocycles. The number of aromatic carboxylic acids is 1. The van der Waals surface area contributed by atoms with Gasteiger partial charge < -0.3 is 10.4 Å². The highest BCUT2D eigenvalue weighted by Gasteiger charge is 2.23. The topological polar surface area (TPSA) is 92.5 Å². The monoisotopic (exact) mass is 292 g/mol. The molecule has 1 aliphatic rings. The van der Waals surface area contributed by atoms with Crippen LogP contribution in [0.25, 0.3) is 0 Å². The molecule has 0 bridgehead atoms. The largest absolute Gasteiger partial charge is 0.478 e. The van der Waals surface area contributed by atoms with E-state index in [-0.39, 0.29) is 17.3 Å². The van der Waals surface area contributed by atoms with Crippen molar-refractivity contribution in [2.45, 2.75) is 45.1 Å². The molecule has 1 aromatic rings. The normalized spacial score (nSPS) is 21.8. The highest BCUT2D eigenvalue weighted by atomic mass is 16.6. The first-order valence-corrected chi connectivity index (χ1v) is 7.29. The van der Waals surface area contributed by atoms with Gasteiger partial charge in [-0.15, -0.1) is 0 Å². The van der Waals surface area contributed by atoms with E-state index >= 15 is 0 Å². The van der Waals surface area contributed by atoms with Gasteiger partial charge in [0.25, 0.3) is 5.69 Å².